The molecule has 28 heteroatoms. The van der Waals surface area contributed by atoms with E-state index < -0.39 is 71.1 Å². The van der Waals surface area contributed by atoms with Crippen LogP contribution in [0.1, 0.15) is 119 Å². The standard InChI is InChI=1S/C69H85N15O12S/c1-42(2)57(77-53(85)23-28-95-29-26-83-54(86)21-22-55(83)87)62(91)74-50(13-9-24-71-64(70)94)61(90)73-46-17-15-44(16-18-46)33-84(6,34-56(88)89)27-30-96-69-38-66(4)35-67(5,39-69)37-68(36-66,40-69)41-81-32-45(31-72-81)48-19-20-52(76-58(48)63(92)93)82-25-10-11-47-43(3)59(79-80-60(47)82)78-65-75-49-12-7-8-14-51(49)97-65/h7-8,12,14-22,31-32,42,50,57H,9-11,13,23-30,33-41H2,1-6H3,(H8-,70,71,73,74,75,77,78,79,85,88,89,90,91,92,93,94)/p+1/t50-,57-,66-,67+,68?,69?,84?/m0/s1. The van der Waals surface area contributed by atoms with Crippen molar-refractivity contribution in [2.75, 3.05) is 75.1 Å². The molecule has 2 aromatic carbocycles. The molecule has 3 unspecified atom stereocenters. The van der Waals surface area contributed by atoms with E-state index in [4.69, 9.17) is 30.3 Å². The van der Waals surface area contributed by atoms with Crippen LogP contribution < -0.4 is 37.2 Å². The number of likely N-dealkylation sites (N-methyl/N-ethyl adjacent to an activating group) is 1. The maximum atomic E-state index is 14.0. The maximum Gasteiger partial charge on any atom is 0.359 e. The number of nitrogens with two attached hydrogens (primary N) is 1. The van der Waals surface area contributed by atoms with E-state index in [0.717, 1.165) is 88.3 Å². The summed E-state index contributed by atoms with van der Waals surface area (Å²) in [5.41, 5.74) is 9.70. The van der Waals surface area contributed by atoms with Crippen molar-refractivity contribution in [2.24, 2.45) is 27.9 Å². The molecule has 97 heavy (non-hydrogen) atoms. The predicted octanol–water partition coefficient (Wildman–Crippen LogP) is 7.39. The highest BCUT2D eigenvalue weighted by Crippen LogP contribution is 2.72. The molecule has 2 aliphatic heterocycles. The zero-order valence-electron chi connectivity index (χ0n) is 55.7. The number of carboxylic acids is 2. The van der Waals surface area contributed by atoms with E-state index in [-0.39, 0.29) is 78.5 Å². The Hall–Kier alpha value is -9.25. The molecule has 12 rings (SSSR count). The Morgan fingerprint density at radius 2 is 1.60 bits per heavy atom. The number of para-hydroxylation sites is 1. The minimum atomic E-state index is -1.16. The number of carboxylic acid groups (broad SMARTS) is 2. The lowest BCUT2D eigenvalue weighted by Crippen LogP contribution is -2.64. The SMILES string of the molecule is Cc1c(Nc2nc3ccccc3s2)nnc2c1CCCN2c1ccc(-c2cnn(CC34CC5(OCC[N+](C)(CC(=O)O)Cc6ccc(NC(=O)[C@H](CCCNC(N)=O)NC(=O)[C@@H](NC(=O)CCOCCN7C(=O)C=CC7=O)C(C)C)cc6)C[C@](C)(C3)C[C@](C)(C4)C5)c2)c(C(=O)O)n1. The van der Waals surface area contributed by atoms with Crippen LogP contribution in [0.5, 0.6) is 0 Å². The number of primary amides is 1. The zero-order valence-corrected chi connectivity index (χ0v) is 56.5. The van der Waals surface area contributed by atoms with Gasteiger partial charge in [-0.15, -0.1) is 10.2 Å². The van der Waals surface area contributed by atoms with Crippen LogP contribution in [0.2, 0.25) is 0 Å². The predicted molar refractivity (Wildman–Crippen MR) is 362 cm³/mol. The summed E-state index contributed by atoms with van der Waals surface area (Å²) in [5, 5.41) is 50.1. The van der Waals surface area contributed by atoms with Crippen LogP contribution >= 0.6 is 11.3 Å². The molecular weight excluding hydrogens is 1260 g/mol. The number of ether oxygens (including phenoxy) is 2. The first kappa shape index (κ1) is 69.1. The number of thiazole rings is 1. The molecule has 6 aromatic rings. The van der Waals surface area contributed by atoms with Crippen molar-refractivity contribution < 1.29 is 62.5 Å². The number of carbonyl (C=O) groups is 8. The Bertz CT molecular complexity index is 3970. The third-order valence-electron chi connectivity index (χ3n) is 19.4. The highest BCUT2D eigenvalue weighted by molar-refractivity contribution is 7.22. The summed E-state index contributed by atoms with van der Waals surface area (Å²) in [4.78, 5) is 114. The lowest BCUT2D eigenvalue weighted by atomic mass is 9.39. The van der Waals surface area contributed by atoms with E-state index in [1.165, 1.54) is 12.2 Å². The van der Waals surface area contributed by atoms with E-state index in [0.29, 0.717) is 67.1 Å². The number of amides is 7. The quantitative estimate of drug-likeness (QED) is 0.0119. The Balaban J connectivity index is 0.710. The van der Waals surface area contributed by atoms with Gasteiger partial charge in [0.25, 0.3) is 11.8 Å². The van der Waals surface area contributed by atoms with Crippen LogP contribution in [-0.2, 0) is 57.8 Å². The number of hydrogen-bond donors (Lipinski definition) is 8. The summed E-state index contributed by atoms with van der Waals surface area (Å²) in [6.45, 7) is 12.4. The van der Waals surface area contributed by atoms with Gasteiger partial charge in [-0.05, 0) is 130 Å². The fourth-order valence-corrected chi connectivity index (χ4v) is 17.2. The van der Waals surface area contributed by atoms with Gasteiger partial charge in [0.2, 0.25) is 17.7 Å². The second-order valence-corrected chi connectivity index (χ2v) is 29.4. The number of imide groups is 1. The highest BCUT2D eigenvalue weighted by atomic mass is 32.1. The molecule has 0 spiro atoms. The summed E-state index contributed by atoms with van der Waals surface area (Å²) in [6.07, 6.45) is 13.4. The number of benzene rings is 2. The molecule has 514 valence electrons. The lowest BCUT2D eigenvalue weighted by molar-refractivity contribution is -0.916. The largest absolute Gasteiger partial charge is 0.477 e. The van der Waals surface area contributed by atoms with Crippen molar-refractivity contribution >= 4 is 97.3 Å². The number of quaternary nitrogens is 1. The fraction of sp³-hybridized carbons (Fsp3) is 0.493. The van der Waals surface area contributed by atoms with Gasteiger partial charge in [0.15, 0.2) is 29.0 Å². The van der Waals surface area contributed by atoms with Gasteiger partial charge in [0.05, 0.1) is 55.4 Å². The van der Waals surface area contributed by atoms with Gasteiger partial charge in [-0.3, -0.25) is 33.6 Å². The first-order chi connectivity index (χ1) is 46.2. The summed E-state index contributed by atoms with van der Waals surface area (Å²) >= 11 is 1.54. The van der Waals surface area contributed by atoms with Crippen molar-refractivity contribution in [1.82, 2.24) is 50.8 Å². The van der Waals surface area contributed by atoms with Gasteiger partial charge in [-0.25, -0.2) is 24.4 Å². The number of rotatable bonds is 31. The number of nitrogens with one attached hydrogen (secondary N) is 5. The molecule has 4 bridgehead atoms. The molecule has 0 saturated heterocycles. The third-order valence-corrected chi connectivity index (χ3v) is 20.4. The molecule has 4 aromatic heterocycles. The number of carbonyl (C=O) groups excluding carboxylic acids is 6. The number of hydrogen-bond acceptors (Lipinski definition) is 18. The van der Waals surface area contributed by atoms with E-state index in [1.807, 2.05) is 72.2 Å². The van der Waals surface area contributed by atoms with Gasteiger partial charge in [-0.2, -0.15) is 5.10 Å². The molecule has 4 saturated carbocycles. The number of aromatic nitrogens is 6. The van der Waals surface area contributed by atoms with Crippen LogP contribution in [0.4, 0.5) is 33.1 Å². The molecule has 7 amide bonds. The van der Waals surface area contributed by atoms with Gasteiger partial charge >= 0.3 is 18.0 Å². The number of aliphatic carboxylic acids is 1. The first-order valence-electron chi connectivity index (χ1n) is 33.1. The van der Waals surface area contributed by atoms with Gasteiger partial charge in [0, 0.05) is 77.9 Å². The van der Waals surface area contributed by atoms with E-state index in [9.17, 15) is 48.6 Å². The molecule has 4 aliphatic carbocycles. The smallest absolute Gasteiger partial charge is 0.359 e. The summed E-state index contributed by atoms with van der Waals surface area (Å²) in [5.74, 6) is -3.32. The Morgan fingerprint density at radius 1 is 0.856 bits per heavy atom. The second kappa shape index (κ2) is 28.4. The van der Waals surface area contributed by atoms with Crippen molar-refractivity contribution in [3.8, 4) is 11.1 Å². The van der Waals surface area contributed by atoms with Crippen LogP contribution in [0.15, 0.2) is 85.2 Å². The number of aromatic carboxylic acids is 1. The highest BCUT2D eigenvalue weighted by Gasteiger charge is 2.66. The molecule has 27 nitrogen and oxygen atoms in total. The Labute approximate surface area is 565 Å². The Morgan fingerprint density at radius 3 is 2.30 bits per heavy atom. The molecule has 6 aliphatic rings. The van der Waals surface area contributed by atoms with E-state index >= 15 is 0 Å². The summed E-state index contributed by atoms with van der Waals surface area (Å²) in [6, 6.07) is 15.8. The average Bonchev–Trinajstić information content (AvgIpc) is 0.759. The number of pyridine rings is 1. The van der Waals surface area contributed by atoms with Crippen LogP contribution in [0, 0.1) is 29.1 Å². The summed E-state index contributed by atoms with van der Waals surface area (Å²) in [7, 11) is 1.90. The zero-order chi connectivity index (χ0) is 69.0. The van der Waals surface area contributed by atoms with Gasteiger partial charge in [-0.1, -0.05) is 63.3 Å². The molecular formula is C69H86N15O12S+. The van der Waals surface area contributed by atoms with Gasteiger partial charge < -0.3 is 61.4 Å². The minimum Gasteiger partial charge on any atom is -0.477 e. The van der Waals surface area contributed by atoms with Crippen molar-refractivity contribution in [3.05, 3.63) is 108 Å². The van der Waals surface area contributed by atoms with Crippen molar-refractivity contribution in [1.29, 1.82) is 0 Å². The van der Waals surface area contributed by atoms with Crippen LogP contribution in [0.3, 0.4) is 0 Å². The summed E-state index contributed by atoms with van der Waals surface area (Å²) < 4.78 is 15.8. The number of anilines is 5. The molecule has 4 fully saturated rings. The van der Waals surface area contributed by atoms with E-state index in [2.05, 4.69) is 50.6 Å². The van der Waals surface area contributed by atoms with Crippen LogP contribution in [-0.4, -0.2) is 174 Å². The topological polar surface area (TPSA) is 358 Å². The minimum absolute atomic E-state index is 0.0158. The average molecular weight is 1350 g/mol. The molecule has 7 atom stereocenters. The molecule has 9 N–H and O–H groups in total. The van der Waals surface area contributed by atoms with Crippen molar-refractivity contribution in [3.63, 3.8) is 0 Å². The number of nitrogens with zero attached hydrogens (tertiary/aromatic N) is 9. The first-order valence-corrected chi connectivity index (χ1v) is 33.9. The Kier molecular flexibility index (Phi) is 20.3. The molecule has 0 radical (unpaired) electrons. The number of fused-ring (bicyclic) bond motifs is 2. The lowest BCUT2D eigenvalue weighted by Gasteiger charge is -2.69. The third kappa shape index (κ3) is 16.3. The van der Waals surface area contributed by atoms with Crippen molar-refractivity contribution in [2.45, 2.75) is 136 Å². The second-order valence-electron chi connectivity index (χ2n) is 28.4. The number of urea groups is 1. The normalized spacial score (nSPS) is 22.1. The van der Waals surface area contributed by atoms with E-state index in [1.54, 1.807) is 49.6 Å². The maximum absolute atomic E-state index is 14.0. The monoisotopic (exact) mass is 1350 g/mol. The molecule has 6 heterocycles. The van der Waals surface area contributed by atoms with Gasteiger partial charge in [0.1, 0.15) is 31.0 Å². The fourth-order valence-electron chi connectivity index (χ4n) is 16.3. The van der Waals surface area contributed by atoms with Crippen LogP contribution in [0.25, 0.3) is 21.3 Å².